The quantitative estimate of drug-likeness (QED) is 0.499. The van der Waals surface area contributed by atoms with Gasteiger partial charge in [-0.25, -0.2) is 9.48 Å². The van der Waals surface area contributed by atoms with Crippen molar-refractivity contribution in [3.8, 4) is 0 Å². The molecule has 7 nitrogen and oxygen atoms in total. The third-order valence-electron chi connectivity index (χ3n) is 3.94. The summed E-state index contributed by atoms with van der Waals surface area (Å²) in [7, 11) is 0. The third-order valence-corrected chi connectivity index (χ3v) is 3.94. The summed E-state index contributed by atoms with van der Waals surface area (Å²) in [6, 6.07) is 9.84. The zero-order valence-electron chi connectivity index (χ0n) is 14.5. The van der Waals surface area contributed by atoms with Gasteiger partial charge in [0, 0.05) is 23.6 Å². The van der Waals surface area contributed by atoms with E-state index in [9.17, 15) is 14.4 Å². The van der Waals surface area contributed by atoms with Crippen LogP contribution in [-0.2, 0) is 11.3 Å². The van der Waals surface area contributed by atoms with Crippen molar-refractivity contribution in [2.24, 2.45) is 0 Å². The Balaban J connectivity index is 1.72. The summed E-state index contributed by atoms with van der Waals surface area (Å²) in [6.45, 7) is 3.61. The number of hydrogen-bond donors (Lipinski definition) is 0. The number of fused-ring (bicyclic) bond motifs is 1. The van der Waals surface area contributed by atoms with E-state index in [1.807, 2.05) is 25.1 Å². The molecule has 1 aromatic carbocycles. The maximum absolute atomic E-state index is 12.3. The number of para-hydroxylation sites is 1. The average molecular weight is 354 g/mol. The number of carbonyl (C=O) groups is 2. The molecule has 0 aliphatic heterocycles. The summed E-state index contributed by atoms with van der Waals surface area (Å²) in [6.07, 6.45) is 0.704. The number of Topliss-reactive ketones (excluding diaryl/α,β-unsaturated/α-hetero) is 1. The van der Waals surface area contributed by atoms with Gasteiger partial charge in [-0.15, -0.1) is 0 Å². The van der Waals surface area contributed by atoms with E-state index in [2.05, 4.69) is 5.10 Å². The molecule has 7 heteroatoms. The second-order valence-electron chi connectivity index (χ2n) is 5.83. The molecule has 3 rings (SSSR count). The highest BCUT2D eigenvalue weighted by atomic mass is 16.5. The lowest BCUT2D eigenvalue weighted by Crippen LogP contribution is -2.25. The van der Waals surface area contributed by atoms with E-state index in [-0.39, 0.29) is 17.0 Å². The van der Waals surface area contributed by atoms with Crippen molar-refractivity contribution in [1.82, 2.24) is 9.78 Å². The monoisotopic (exact) mass is 354 g/mol. The Morgan fingerprint density at radius 2 is 1.96 bits per heavy atom. The Bertz CT molecular complexity index is 1030. The van der Waals surface area contributed by atoms with Crippen molar-refractivity contribution >= 4 is 22.7 Å². The first-order valence-corrected chi connectivity index (χ1v) is 8.28. The summed E-state index contributed by atoms with van der Waals surface area (Å²) in [5.74, 6) is -1.03. The Kier molecular flexibility index (Phi) is 4.97. The molecule has 134 valence electrons. The molecule has 3 aromatic rings. The van der Waals surface area contributed by atoms with Crippen LogP contribution >= 0.6 is 0 Å². The van der Waals surface area contributed by atoms with Gasteiger partial charge in [0.25, 0.3) is 5.56 Å². The van der Waals surface area contributed by atoms with E-state index < -0.39 is 18.4 Å². The molecular formula is C19H18N2O5. The van der Waals surface area contributed by atoms with Crippen LogP contribution in [0.1, 0.15) is 40.0 Å². The summed E-state index contributed by atoms with van der Waals surface area (Å²) < 4.78 is 11.8. The summed E-state index contributed by atoms with van der Waals surface area (Å²) in [4.78, 5) is 36.1. The number of esters is 1. The van der Waals surface area contributed by atoms with Gasteiger partial charge in [0.2, 0.25) is 5.78 Å². The lowest BCUT2D eigenvalue weighted by molar-refractivity contribution is 0.0459. The molecular weight excluding hydrogens is 336 g/mol. The Morgan fingerprint density at radius 1 is 1.19 bits per heavy atom. The largest absolute Gasteiger partial charge is 0.453 e. The molecule has 0 unspecified atom stereocenters. The maximum atomic E-state index is 12.3. The standard InChI is InChI=1S/C19H18N2O5/c1-3-10-21-17(23)9-8-14(20-21)19(24)25-11-15(22)18-12(2)13-6-4-5-7-16(13)26-18/h4-9H,3,10-11H2,1-2H3. The molecule has 0 radical (unpaired) electrons. The lowest BCUT2D eigenvalue weighted by Gasteiger charge is -2.06. The fraction of sp³-hybridized carbons (Fsp3) is 0.263. The Morgan fingerprint density at radius 3 is 2.69 bits per heavy atom. The number of furan rings is 1. The zero-order chi connectivity index (χ0) is 18.7. The summed E-state index contributed by atoms with van der Waals surface area (Å²) in [5.41, 5.74) is 0.994. The van der Waals surface area contributed by atoms with Gasteiger partial charge in [0.05, 0.1) is 0 Å². The van der Waals surface area contributed by atoms with Crippen LogP contribution < -0.4 is 5.56 Å². The zero-order valence-corrected chi connectivity index (χ0v) is 14.5. The average Bonchev–Trinajstić information content (AvgIpc) is 2.98. The lowest BCUT2D eigenvalue weighted by atomic mass is 10.1. The van der Waals surface area contributed by atoms with Gasteiger partial charge >= 0.3 is 5.97 Å². The van der Waals surface area contributed by atoms with E-state index in [1.165, 1.54) is 16.8 Å². The van der Waals surface area contributed by atoms with E-state index in [0.29, 0.717) is 24.1 Å². The van der Waals surface area contributed by atoms with Gasteiger partial charge in [0.15, 0.2) is 18.1 Å². The number of rotatable bonds is 6. The molecule has 2 heterocycles. The SMILES string of the molecule is CCCn1nc(C(=O)OCC(=O)c2oc3ccccc3c2C)ccc1=O. The molecule has 0 aliphatic rings. The molecule has 0 aliphatic carbocycles. The summed E-state index contributed by atoms with van der Waals surface area (Å²) in [5, 5.41) is 4.80. The van der Waals surface area contributed by atoms with E-state index in [0.717, 1.165) is 5.39 Å². The molecule has 0 saturated carbocycles. The molecule has 0 atom stereocenters. The first kappa shape index (κ1) is 17.6. The van der Waals surface area contributed by atoms with Crippen molar-refractivity contribution in [1.29, 1.82) is 0 Å². The number of ether oxygens (including phenoxy) is 1. The molecule has 0 bridgehead atoms. The first-order chi connectivity index (χ1) is 12.5. The Hall–Kier alpha value is -3.22. The second-order valence-corrected chi connectivity index (χ2v) is 5.83. The van der Waals surface area contributed by atoms with Crippen LogP contribution in [0.3, 0.4) is 0 Å². The highest BCUT2D eigenvalue weighted by molar-refractivity contribution is 6.02. The number of ketones is 1. The van der Waals surface area contributed by atoms with Crippen LogP contribution in [0.25, 0.3) is 11.0 Å². The number of nitrogens with zero attached hydrogens (tertiary/aromatic N) is 2. The van der Waals surface area contributed by atoms with Gasteiger partial charge in [-0.3, -0.25) is 9.59 Å². The van der Waals surface area contributed by atoms with E-state index in [4.69, 9.17) is 9.15 Å². The predicted molar refractivity (Wildman–Crippen MR) is 94.4 cm³/mol. The molecule has 0 fully saturated rings. The van der Waals surface area contributed by atoms with E-state index in [1.54, 1.807) is 13.0 Å². The maximum Gasteiger partial charge on any atom is 0.359 e. The van der Waals surface area contributed by atoms with Crippen LogP contribution in [0, 0.1) is 6.92 Å². The van der Waals surface area contributed by atoms with E-state index >= 15 is 0 Å². The smallest absolute Gasteiger partial charge is 0.359 e. The van der Waals surface area contributed by atoms with Crippen LogP contribution in [0.15, 0.2) is 45.6 Å². The number of aryl methyl sites for hydroxylation is 2. The van der Waals surface area contributed by atoms with Crippen molar-refractivity contribution in [3.05, 3.63) is 63.8 Å². The fourth-order valence-electron chi connectivity index (χ4n) is 2.64. The van der Waals surface area contributed by atoms with Gasteiger partial charge in [-0.05, 0) is 25.5 Å². The van der Waals surface area contributed by atoms with Crippen molar-refractivity contribution in [3.63, 3.8) is 0 Å². The number of hydrogen-bond acceptors (Lipinski definition) is 6. The van der Waals surface area contributed by atoms with Crippen molar-refractivity contribution in [2.45, 2.75) is 26.8 Å². The molecule has 0 amide bonds. The van der Waals surface area contributed by atoms with Crippen molar-refractivity contribution < 1.29 is 18.7 Å². The molecule has 0 saturated heterocycles. The minimum absolute atomic E-state index is 0.0211. The molecule has 26 heavy (non-hydrogen) atoms. The van der Waals surface area contributed by atoms with Crippen LogP contribution in [-0.4, -0.2) is 28.1 Å². The molecule has 2 aromatic heterocycles. The number of benzene rings is 1. The first-order valence-electron chi connectivity index (χ1n) is 8.28. The van der Waals surface area contributed by atoms with Gasteiger partial charge < -0.3 is 9.15 Å². The minimum Gasteiger partial charge on any atom is -0.453 e. The number of aromatic nitrogens is 2. The molecule has 0 spiro atoms. The topological polar surface area (TPSA) is 91.4 Å². The van der Waals surface area contributed by atoms with Gasteiger partial charge in [-0.2, -0.15) is 5.10 Å². The van der Waals surface area contributed by atoms with Gasteiger partial charge in [-0.1, -0.05) is 25.1 Å². The minimum atomic E-state index is -0.767. The normalized spacial score (nSPS) is 10.8. The Labute approximate surface area is 149 Å². The van der Waals surface area contributed by atoms with Crippen LogP contribution in [0.5, 0.6) is 0 Å². The highest BCUT2D eigenvalue weighted by Crippen LogP contribution is 2.25. The fourth-order valence-corrected chi connectivity index (χ4v) is 2.64. The molecule has 0 N–H and O–H groups in total. The van der Waals surface area contributed by atoms with Crippen LogP contribution in [0.2, 0.25) is 0 Å². The number of carbonyl (C=O) groups excluding carboxylic acids is 2. The van der Waals surface area contributed by atoms with Crippen molar-refractivity contribution in [2.75, 3.05) is 6.61 Å². The second kappa shape index (κ2) is 7.35. The van der Waals surface area contributed by atoms with Gasteiger partial charge in [0.1, 0.15) is 5.58 Å². The van der Waals surface area contributed by atoms with Crippen LogP contribution in [0.4, 0.5) is 0 Å². The highest BCUT2D eigenvalue weighted by Gasteiger charge is 2.20. The summed E-state index contributed by atoms with van der Waals surface area (Å²) >= 11 is 0. The third kappa shape index (κ3) is 3.42. The predicted octanol–water partition coefficient (Wildman–Crippen LogP) is 2.75.